The van der Waals surface area contributed by atoms with E-state index in [2.05, 4.69) is 70.9 Å². The predicted molar refractivity (Wildman–Crippen MR) is 117 cm³/mol. The van der Waals surface area contributed by atoms with Crippen molar-refractivity contribution in [2.24, 2.45) is 4.99 Å². The fourth-order valence-electron chi connectivity index (χ4n) is 4.09. The number of aliphatic imine (C=N–C) groups is 1. The molecule has 1 aliphatic heterocycles. The number of benzene rings is 1. The summed E-state index contributed by atoms with van der Waals surface area (Å²) in [5.41, 5.74) is 4.13. The van der Waals surface area contributed by atoms with Gasteiger partial charge in [-0.2, -0.15) is 0 Å². The molecule has 0 unspecified atom stereocenters. The van der Waals surface area contributed by atoms with Gasteiger partial charge >= 0.3 is 0 Å². The molecule has 1 aromatic carbocycles. The molecular formula is C22H35N5O. The van der Waals surface area contributed by atoms with Crippen LogP contribution in [0.1, 0.15) is 30.9 Å². The van der Waals surface area contributed by atoms with E-state index in [9.17, 15) is 0 Å². The number of ether oxygens (including phenoxy) is 1. The fraction of sp³-hybridized carbons (Fsp3) is 0.591. The molecule has 6 heteroatoms. The van der Waals surface area contributed by atoms with Crippen molar-refractivity contribution in [1.82, 2.24) is 20.5 Å². The van der Waals surface area contributed by atoms with Crippen LogP contribution in [-0.4, -0.2) is 68.8 Å². The summed E-state index contributed by atoms with van der Waals surface area (Å²) in [6.07, 6.45) is 6.23. The van der Waals surface area contributed by atoms with Gasteiger partial charge in [0, 0.05) is 56.0 Å². The number of hydrogen-bond acceptors (Lipinski definition) is 3. The second-order valence-electron chi connectivity index (χ2n) is 7.84. The zero-order chi connectivity index (χ0) is 20.0. The molecule has 0 spiro atoms. The van der Waals surface area contributed by atoms with Crippen LogP contribution in [0.2, 0.25) is 0 Å². The van der Waals surface area contributed by atoms with Gasteiger partial charge in [0.1, 0.15) is 0 Å². The van der Waals surface area contributed by atoms with Crippen LogP contribution in [0.5, 0.6) is 0 Å². The summed E-state index contributed by atoms with van der Waals surface area (Å²) in [4.78, 5) is 10.2. The highest BCUT2D eigenvalue weighted by atomic mass is 16.5. The first kappa shape index (κ1) is 20.7. The molecule has 6 nitrogen and oxygen atoms in total. The molecule has 0 saturated carbocycles. The lowest BCUT2D eigenvalue weighted by atomic mass is 9.88. The Bertz CT molecular complexity index is 789. The van der Waals surface area contributed by atoms with E-state index in [1.807, 2.05) is 7.05 Å². The largest absolute Gasteiger partial charge is 0.381 e. The number of hydrogen-bond donors (Lipinski definition) is 3. The molecule has 0 bridgehead atoms. The number of H-pyrrole nitrogens is 1. The Morgan fingerprint density at radius 2 is 2.00 bits per heavy atom. The summed E-state index contributed by atoms with van der Waals surface area (Å²) in [5.74, 6) is 0.863. The number of aromatic nitrogens is 1. The van der Waals surface area contributed by atoms with Gasteiger partial charge in [-0.3, -0.25) is 4.99 Å². The third-order valence-electron chi connectivity index (χ3n) is 6.14. The summed E-state index contributed by atoms with van der Waals surface area (Å²) in [7, 11) is 6.15. The summed E-state index contributed by atoms with van der Waals surface area (Å²) >= 11 is 0. The fourth-order valence-corrected chi connectivity index (χ4v) is 4.09. The number of guanidine groups is 1. The van der Waals surface area contributed by atoms with Crippen molar-refractivity contribution in [3.8, 4) is 0 Å². The number of nitrogens with zero attached hydrogens (tertiary/aromatic N) is 2. The first-order valence-corrected chi connectivity index (χ1v) is 10.4. The molecule has 28 heavy (non-hydrogen) atoms. The van der Waals surface area contributed by atoms with Crippen molar-refractivity contribution in [1.29, 1.82) is 0 Å². The molecule has 0 amide bonds. The molecule has 3 N–H and O–H groups in total. The Morgan fingerprint density at radius 1 is 1.21 bits per heavy atom. The highest BCUT2D eigenvalue weighted by Gasteiger charge is 2.34. The second kappa shape index (κ2) is 9.43. The van der Waals surface area contributed by atoms with Gasteiger partial charge in [-0.1, -0.05) is 25.1 Å². The normalized spacial score (nSPS) is 17.2. The van der Waals surface area contributed by atoms with Gasteiger partial charge in [0.15, 0.2) is 5.96 Å². The summed E-state index contributed by atoms with van der Waals surface area (Å²) in [6.45, 7) is 5.57. The lowest BCUT2D eigenvalue weighted by molar-refractivity contribution is -0.00500. The van der Waals surface area contributed by atoms with Gasteiger partial charge in [-0.05, 0) is 50.9 Å². The Morgan fingerprint density at radius 3 is 2.68 bits per heavy atom. The minimum Gasteiger partial charge on any atom is -0.381 e. The SMILES string of the molecule is CCc1cccc2c(CCNC(=NC)NCC3(N(C)C)CCOCC3)c[nH]c12. The van der Waals surface area contributed by atoms with Crippen molar-refractivity contribution in [3.05, 3.63) is 35.5 Å². The number of aryl methyl sites for hydroxylation is 1. The monoisotopic (exact) mass is 385 g/mol. The van der Waals surface area contributed by atoms with Gasteiger partial charge in [0.25, 0.3) is 0 Å². The summed E-state index contributed by atoms with van der Waals surface area (Å²) < 4.78 is 5.56. The van der Waals surface area contributed by atoms with E-state index in [0.29, 0.717) is 0 Å². The third-order valence-corrected chi connectivity index (χ3v) is 6.14. The minimum absolute atomic E-state index is 0.128. The lowest BCUT2D eigenvalue weighted by Gasteiger charge is -2.43. The maximum absolute atomic E-state index is 5.56. The minimum atomic E-state index is 0.128. The average molecular weight is 386 g/mol. The van der Waals surface area contributed by atoms with Crippen LogP contribution in [0.3, 0.4) is 0 Å². The van der Waals surface area contributed by atoms with E-state index in [0.717, 1.165) is 57.9 Å². The molecule has 2 aromatic rings. The van der Waals surface area contributed by atoms with E-state index in [4.69, 9.17) is 4.74 Å². The Balaban J connectivity index is 1.55. The molecule has 3 rings (SSSR count). The van der Waals surface area contributed by atoms with E-state index in [1.165, 1.54) is 22.0 Å². The molecule has 1 aromatic heterocycles. The molecule has 154 valence electrons. The van der Waals surface area contributed by atoms with Gasteiger partial charge in [0.05, 0.1) is 0 Å². The standard InChI is InChI=1S/C22H35N5O/c1-5-17-7-6-8-19-18(15-25-20(17)19)9-12-24-21(23-2)26-16-22(27(3)4)10-13-28-14-11-22/h6-8,15,25H,5,9-14,16H2,1-4H3,(H2,23,24,26). The molecule has 2 heterocycles. The number of nitrogens with one attached hydrogen (secondary N) is 3. The first-order valence-electron chi connectivity index (χ1n) is 10.4. The van der Waals surface area contributed by atoms with Crippen LogP contribution in [0, 0.1) is 0 Å². The van der Waals surface area contributed by atoms with Crippen molar-refractivity contribution < 1.29 is 4.74 Å². The Kier molecular flexibility index (Phi) is 6.97. The van der Waals surface area contributed by atoms with Crippen LogP contribution in [0.4, 0.5) is 0 Å². The quantitative estimate of drug-likeness (QED) is 0.506. The zero-order valence-corrected chi connectivity index (χ0v) is 17.8. The number of likely N-dealkylation sites (N-methyl/N-ethyl adjacent to an activating group) is 1. The maximum Gasteiger partial charge on any atom is 0.191 e. The summed E-state index contributed by atoms with van der Waals surface area (Å²) in [5, 5.41) is 8.33. The molecule has 1 aliphatic rings. The van der Waals surface area contributed by atoms with Crippen molar-refractivity contribution >= 4 is 16.9 Å². The van der Waals surface area contributed by atoms with Crippen LogP contribution in [0.25, 0.3) is 10.9 Å². The van der Waals surface area contributed by atoms with Gasteiger partial charge in [-0.25, -0.2) is 0 Å². The highest BCUT2D eigenvalue weighted by molar-refractivity contribution is 5.86. The first-order chi connectivity index (χ1) is 13.6. The molecule has 0 aliphatic carbocycles. The molecule has 0 radical (unpaired) electrons. The van der Waals surface area contributed by atoms with Gasteiger partial charge in [0.2, 0.25) is 0 Å². The third kappa shape index (κ3) is 4.50. The van der Waals surface area contributed by atoms with Gasteiger partial charge in [-0.15, -0.1) is 0 Å². The van der Waals surface area contributed by atoms with Crippen LogP contribution in [-0.2, 0) is 17.6 Å². The van der Waals surface area contributed by atoms with E-state index >= 15 is 0 Å². The molecule has 0 atom stereocenters. The number of fused-ring (bicyclic) bond motifs is 1. The zero-order valence-electron chi connectivity index (χ0n) is 17.8. The van der Waals surface area contributed by atoms with Gasteiger partial charge < -0.3 is 25.3 Å². The van der Waals surface area contributed by atoms with Crippen molar-refractivity contribution in [3.63, 3.8) is 0 Å². The van der Waals surface area contributed by atoms with Crippen LogP contribution < -0.4 is 10.6 Å². The van der Waals surface area contributed by atoms with E-state index in [1.54, 1.807) is 0 Å². The number of para-hydroxylation sites is 1. The Hall–Kier alpha value is -2.05. The number of rotatable bonds is 7. The Labute approximate surface area is 168 Å². The summed E-state index contributed by atoms with van der Waals surface area (Å²) in [6, 6.07) is 6.56. The van der Waals surface area contributed by atoms with Crippen molar-refractivity contribution in [2.75, 3.05) is 47.4 Å². The molecule has 1 saturated heterocycles. The predicted octanol–water partition coefficient (Wildman–Crippen LogP) is 2.55. The van der Waals surface area contributed by atoms with Crippen LogP contribution in [0.15, 0.2) is 29.4 Å². The smallest absolute Gasteiger partial charge is 0.191 e. The van der Waals surface area contributed by atoms with E-state index in [-0.39, 0.29) is 5.54 Å². The molecular weight excluding hydrogens is 350 g/mol. The van der Waals surface area contributed by atoms with Crippen LogP contribution >= 0.6 is 0 Å². The topological polar surface area (TPSA) is 64.7 Å². The highest BCUT2D eigenvalue weighted by Crippen LogP contribution is 2.25. The number of aromatic amines is 1. The van der Waals surface area contributed by atoms with E-state index < -0.39 is 0 Å². The second-order valence-corrected chi connectivity index (χ2v) is 7.84. The maximum atomic E-state index is 5.56. The van der Waals surface area contributed by atoms with Crippen molar-refractivity contribution in [2.45, 2.75) is 38.1 Å². The average Bonchev–Trinajstić information content (AvgIpc) is 3.14. The molecule has 1 fully saturated rings. The lowest BCUT2D eigenvalue weighted by Crippen LogP contribution is -2.57.